The van der Waals surface area contributed by atoms with Crippen LogP contribution in [0.2, 0.25) is 0 Å². The molecule has 0 aromatic rings. The van der Waals surface area contributed by atoms with E-state index < -0.39 is 0 Å². The molecule has 4 heteroatoms. The van der Waals surface area contributed by atoms with Crippen molar-refractivity contribution in [2.24, 2.45) is 16.2 Å². The SMILES string of the molecule is CC(C)(C)[C](=[V])P1C(C(C)(C)C)P2PC21C(C)(C)C. The summed E-state index contributed by atoms with van der Waals surface area (Å²) in [5, 5.41) is 1.02. The van der Waals surface area contributed by atoms with Crippen LogP contribution in [0.5, 0.6) is 0 Å². The van der Waals surface area contributed by atoms with Gasteiger partial charge < -0.3 is 0 Å². The summed E-state index contributed by atoms with van der Waals surface area (Å²) in [7, 11) is 1.69. The van der Waals surface area contributed by atoms with Gasteiger partial charge in [-0.1, -0.05) is 0 Å². The molecule has 2 saturated heterocycles. The summed E-state index contributed by atoms with van der Waals surface area (Å²) in [5.74, 6) is 0. The van der Waals surface area contributed by atoms with E-state index in [-0.39, 0.29) is 7.92 Å². The van der Waals surface area contributed by atoms with Crippen LogP contribution in [-0.4, -0.2) is 14.0 Å². The molecule has 2 fully saturated rings. The Kier molecular flexibility index (Phi) is 4.16. The molecule has 5 atom stereocenters. The van der Waals surface area contributed by atoms with E-state index in [1.165, 1.54) is 8.27 Å². The minimum absolute atomic E-state index is 0.0720. The summed E-state index contributed by atoms with van der Waals surface area (Å²) in [6.45, 7) is 22.2. The molecule has 2 aliphatic rings. The van der Waals surface area contributed by atoms with Crippen LogP contribution in [0.4, 0.5) is 0 Å². The van der Waals surface area contributed by atoms with E-state index in [0.29, 0.717) is 23.9 Å². The van der Waals surface area contributed by atoms with Gasteiger partial charge in [0.1, 0.15) is 0 Å². The molecule has 0 saturated carbocycles. The van der Waals surface area contributed by atoms with E-state index >= 15 is 0 Å². The van der Waals surface area contributed by atoms with Crippen molar-refractivity contribution in [3.8, 4) is 0 Å². The van der Waals surface area contributed by atoms with E-state index in [9.17, 15) is 0 Å². The van der Waals surface area contributed by atoms with Crippen molar-refractivity contribution in [2.75, 3.05) is 0 Å². The predicted molar refractivity (Wildman–Crippen MR) is 92.0 cm³/mol. The summed E-state index contributed by atoms with van der Waals surface area (Å²) in [5.41, 5.74) is 1.38. The fraction of sp³-hybridized carbons (Fsp3) is 0.933. The molecule has 2 rings (SSSR count). The molecule has 109 valence electrons. The van der Waals surface area contributed by atoms with Crippen LogP contribution >= 0.6 is 23.8 Å². The number of hydrogen-bond donors (Lipinski definition) is 0. The molecular formula is C15H29P3V. The molecule has 0 bridgehead atoms. The van der Waals surface area contributed by atoms with E-state index in [1.807, 2.05) is 0 Å². The number of hydrogen-bond acceptors (Lipinski definition) is 0. The Bertz CT molecular complexity index is 411. The molecule has 19 heavy (non-hydrogen) atoms. The normalized spacial score (nSPS) is 39.7. The fourth-order valence-electron chi connectivity index (χ4n) is 3.08. The fourth-order valence-corrected chi connectivity index (χ4v) is 26.3. The van der Waals surface area contributed by atoms with Crippen molar-refractivity contribution in [1.82, 2.24) is 0 Å². The maximum absolute atomic E-state index is 3.01. The zero-order valence-corrected chi connectivity index (χ0v) is 18.1. The molecular weight excluding hydrogens is 324 g/mol. The first-order valence-electron chi connectivity index (χ1n) is 7.17. The van der Waals surface area contributed by atoms with Crippen molar-refractivity contribution in [3.63, 3.8) is 0 Å². The van der Waals surface area contributed by atoms with Gasteiger partial charge in [0.15, 0.2) is 0 Å². The Labute approximate surface area is 133 Å². The van der Waals surface area contributed by atoms with E-state index in [0.717, 1.165) is 10.0 Å². The molecule has 2 heterocycles. The second-order valence-electron chi connectivity index (χ2n) is 9.09. The second-order valence-corrected chi connectivity index (χ2v) is 19.3. The van der Waals surface area contributed by atoms with Crippen molar-refractivity contribution >= 4 is 27.8 Å². The molecule has 0 aromatic heterocycles. The standard InChI is InChI=1S/C15H29P3.V/c1-12(2,3)10-17-11(13(4,5)6)18-15(17,16-18)14(7,8)9;/h11,16H,1-9H3;. The van der Waals surface area contributed by atoms with Gasteiger partial charge in [-0.25, -0.2) is 0 Å². The number of fused-ring (bicyclic) bond motifs is 1. The Balaban J connectivity index is 2.38. The Morgan fingerprint density at radius 3 is 1.79 bits per heavy atom. The third kappa shape index (κ3) is 2.51. The van der Waals surface area contributed by atoms with Crippen LogP contribution in [0, 0.1) is 16.2 Å². The van der Waals surface area contributed by atoms with Gasteiger partial charge in [0, 0.05) is 0 Å². The Morgan fingerprint density at radius 1 is 1.00 bits per heavy atom. The van der Waals surface area contributed by atoms with Crippen molar-refractivity contribution < 1.29 is 17.0 Å². The van der Waals surface area contributed by atoms with Crippen LogP contribution in [0.1, 0.15) is 62.3 Å². The molecule has 0 aliphatic carbocycles. The van der Waals surface area contributed by atoms with Crippen molar-refractivity contribution in [1.29, 1.82) is 0 Å². The van der Waals surface area contributed by atoms with E-state index in [2.05, 4.69) is 79.3 Å². The number of rotatable bonds is 1. The second kappa shape index (κ2) is 4.62. The van der Waals surface area contributed by atoms with Gasteiger partial charge in [-0.2, -0.15) is 0 Å². The van der Waals surface area contributed by atoms with Gasteiger partial charge in [-0.05, 0) is 0 Å². The van der Waals surface area contributed by atoms with Gasteiger partial charge >= 0.3 is 133 Å². The van der Waals surface area contributed by atoms with Gasteiger partial charge in [-0.3, -0.25) is 0 Å². The average Bonchev–Trinajstić information content (AvgIpc) is 2.68. The minimum atomic E-state index is 0.0720. The summed E-state index contributed by atoms with van der Waals surface area (Å²) < 4.78 is 2.53. The third-order valence-corrected chi connectivity index (χ3v) is 22.8. The summed E-state index contributed by atoms with van der Waals surface area (Å²) >= 11 is 3.01. The van der Waals surface area contributed by atoms with Gasteiger partial charge in [-0.15, -0.1) is 0 Å². The quantitative estimate of drug-likeness (QED) is 0.481. The van der Waals surface area contributed by atoms with Crippen molar-refractivity contribution in [3.05, 3.63) is 0 Å². The average molecular weight is 353 g/mol. The van der Waals surface area contributed by atoms with Crippen LogP contribution in [0.3, 0.4) is 0 Å². The Morgan fingerprint density at radius 2 is 1.47 bits per heavy atom. The van der Waals surface area contributed by atoms with Crippen LogP contribution in [0.25, 0.3) is 0 Å². The molecule has 0 amide bonds. The van der Waals surface area contributed by atoms with Gasteiger partial charge in [0.2, 0.25) is 0 Å². The molecule has 0 N–H and O–H groups in total. The molecule has 0 nitrogen and oxygen atoms in total. The first-order valence-corrected chi connectivity index (χ1v) is 12.5. The third-order valence-electron chi connectivity index (χ3n) is 4.13. The van der Waals surface area contributed by atoms with E-state index in [1.54, 1.807) is 3.97 Å². The van der Waals surface area contributed by atoms with Crippen molar-refractivity contribution in [2.45, 2.75) is 72.4 Å². The summed E-state index contributed by atoms with van der Waals surface area (Å²) in [6, 6.07) is 0. The summed E-state index contributed by atoms with van der Waals surface area (Å²) in [4.78, 5) is 0. The monoisotopic (exact) mass is 353 g/mol. The van der Waals surface area contributed by atoms with Crippen LogP contribution < -0.4 is 0 Å². The first kappa shape index (κ1) is 17.1. The topological polar surface area (TPSA) is 0 Å². The predicted octanol–water partition coefficient (Wildman–Crippen LogP) is 6.37. The van der Waals surface area contributed by atoms with Crippen LogP contribution in [0.15, 0.2) is 0 Å². The molecule has 0 spiro atoms. The first-order chi connectivity index (χ1) is 8.24. The van der Waals surface area contributed by atoms with Crippen LogP contribution in [-0.2, 0) is 17.0 Å². The zero-order chi connectivity index (χ0) is 15.0. The molecule has 0 radical (unpaired) electrons. The van der Waals surface area contributed by atoms with Gasteiger partial charge in [0.25, 0.3) is 0 Å². The zero-order valence-electron chi connectivity index (χ0n) is 13.9. The molecule has 5 unspecified atom stereocenters. The summed E-state index contributed by atoms with van der Waals surface area (Å²) in [6.07, 6.45) is 0. The molecule has 0 aromatic carbocycles. The van der Waals surface area contributed by atoms with E-state index in [4.69, 9.17) is 0 Å². The Hall–Kier alpha value is 1.74. The molecule has 2 aliphatic heterocycles. The maximum atomic E-state index is 3.01. The van der Waals surface area contributed by atoms with Gasteiger partial charge in [0.05, 0.1) is 0 Å².